The van der Waals surface area contributed by atoms with Crippen molar-refractivity contribution >= 4 is 5.91 Å². The third-order valence-electron chi connectivity index (χ3n) is 4.55. The average Bonchev–Trinajstić information content (AvgIpc) is 2.91. The fourth-order valence-corrected chi connectivity index (χ4v) is 3.43. The Hall–Kier alpha value is -1.69. The van der Waals surface area contributed by atoms with Crippen LogP contribution in [0.15, 0.2) is 4.79 Å². The standard InChI is InChI=1S/C16H23N3O3/c1-3-4-12-7-11(5-6-22-12)16(21)19-8-13-14(9-19)17-10(2)18-15(13)20/h11-12H,3-9H2,1-2H3,(H,17,18,20). The number of carbonyl (C=O) groups excluding carboxylic acids is 1. The number of rotatable bonds is 3. The van der Waals surface area contributed by atoms with E-state index in [0.717, 1.165) is 31.4 Å². The van der Waals surface area contributed by atoms with Crippen LogP contribution in [-0.2, 0) is 22.6 Å². The van der Waals surface area contributed by atoms with Crippen LogP contribution in [-0.4, -0.2) is 33.5 Å². The molecule has 2 atom stereocenters. The molecule has 1 aromatic rings. The average molecular weight is 305 g/mol. The predicted molar refractivity (Wildman–Crippen MR) is 81.2 cm³/mol. The van der Waals surface area contributed by atoms with Crippen molar-refractivity contribution in [3.63, 3.8) is 0 Å². The van der Waals surface area contributed by atoms with Crippen LogP contribution in [0.25, 0.3) is 0 Å². The quantitative estimate of drug-likeness (QED) is 0.918. The Labute approximate surface area is 129 Å². The zero-order chi connectivity index (χ0) is 15.7. The van der Waals surface area contributed by atoms with Crippen LogP contribution in [0.4, 0.5) is 0 Å². The second-order valence-electron chi connectivity index (χ2n) is 6.27. The van der Waals surface area contributed by atoms with E-state index in [1.807, 2.05) is 0 Å². The van der Waals surface area contributed by atoms with Crippen LogP contribution in [0.3, 0.4) is 0 Å². The number of hydrogen-bond acceptors (Lipinski definition) is 4. The summed E-state index contributed by atoms with van der Waals surface area (Å²) in [4.78, 5) is 33.5. The van der Waals surface area contributed by atoms with E-state index < -0.39 is 0 Å². The van der Waals surface area contributed by atoms with Crippen LogP contribution in [0.1, 0.15) is 49.7 Å². The van der Waals surface area contributed by atoms with Crippen molar-refractivity contribution < 1.29 is 9.53 Å². The Morgan fingerprint density at radius 3 is 3.05 bits per heavy atom. The van der Waals surface area contributed by atoms with Gasteiger partial charge in [-0.05, 0) is 26.2 Å². The molecular formula is C16H23N3O3. The molecule has 1 fully saturated rings. The van der Waals surface area contributed by atoms with Gasteiger partial charge in [-0.25, -0.2) is 4.98 Å². The number of aromatic nitrogens is 2. The van der Waals surface area contributed by atoms with Gasteiger partial charge >= 0.3 is 0 Å². The number of H-pyrrole nitrogens is 1. The largest absolute Gasteiger partial charge is 0.378 e. The molecule has 1 amide bonds. The lowest BCUT2D eigenvalue weighted by Crippen LogP contribution is -2.38. The summed E-state index contributed by atoms with van der Waals surface area (Å²) in [7, 11) is 0. The minimum Gasteiger partial charge on any atom is -0.378 e. The van der Waals surface area contributed by atoms with E-state index >= 15 is 0 Å². The van der Waals surface area contributed by atoms with Gasteiger partial charge in [-0.2, -0.15) is 0 Å². The molecule has 120 valence electrons. The molecule has 6 nitrogen and oxygen atoms in total. The number of hydrogen-bond donors (Lipinski definition) is 1. The number of aryl methyl sites for hydroxylation is 1. The molecule has 2 aliphatic heterocycles. The predicted octanol–water partition coefficient (Wildman–Crippen LogP) is 1.52. The number of ether oxygens (including phenoxy) is 1. The molecule has 2 unspecified atom stereocenters. The van der Waals surface area contributed by atoms with Crippen LogP contribution < -0.4 is 5.56 Å². The van der Waals surface area contributed by atoms with Gasteiger partial charge in [0, 0.05) is 12.5 Å². The number of nitrogens with zero attached hydrogens (tertiary/aromatic N) is 2. The van der Waals surface area contributed by atoms with E-state index in [1.165, 1.54) is 0 Å². The van der Waals surface area contributed by atoms with Crippen LogP contribution in [0.5, 0.6) is 0 Å². The highest BCUT2D eigenvalue weighted by Gasteiger charge is 2.34. The van der Waals surface area contributed by atoms with Crippen LogP contribution >= 0.6 is 0 Å². The number of amides is 1. The molecule has 3 rings (SSSR count). The lowest BCUT2D eigenvalue weighted by atomic mass is 9.92. The maximum Gasteiger partial charge on any atom is 0.256 e. The smallest absolute Gasteiger partial charge is 0.256 e. The molecule has 0 spiro atoms. The Bertz CT molecular complexity index is 624. The second kappa shape index (κ2) is 6.20. The fraction of sp³-hybridized carbons (Fsp3) is 0.688. The summed E-state index contributed by atoms with van der Waals surface area (Å²) >= 11 is 0. The first-order valence-electron chi connectivity index (χ1n) is 8.07. The molecule has 0 aromatic carbocycles. The SMILES string of the molecule is CCCC1CC(C(=O)N2Cc3nc(C)[nH]c(=O)c3C2)CCO1. The molecule has 0 aliphatic carbocycles. The first-order chi connectivity index (χ1) is 10.6. The molecular weight excluding hydrogens is 282 g/mol. The van der Waals surface area contributed by atoms with E-state index in [-0.39, 0.29) is 23.5 Å². The van der Waals surface area contributed by atoms with Crippen molar-refractivity contribution in [1.29, 1.82) is 0 Å². The lowest BCUT2D eigenvalue weighted by Gasteiger charge is -2.31. The van der Waals surface area contributed by atoms with E-state index in [0.29, 0.717) is 31.1 Å². The van der Waals surface area contributed by atoms with E-state index in [2.05, 4.69) is 16.9 Å². The van der Waals surface area contributed by atoms with Gasteiger partial charge in [0.15, 0.2) is 0 Å². The van der Waals surface area contributed by atoms with Gasteiger partial charge in [0.05, 0.1) is 30.5 Å². The summed E-state index contributed by atoms with van der Waals surface area (Å²) in [6.45, 7) is 5.38. The maximum absolute atomic E-state index is 12.7. The van der Waals surface area contributed by atoms with Crippen molar-refractivity contribution in [3.05, 3.63) is 27.4 Å². The molecule has 0 saturated carbocycles. The molecule has 1 saturated heterocycles. The highest BCUT2D eigenvalue weighted by molar-refractivity contribution is 5.79. The van der Waals surface area contributed by atoms with Gasteiger partial charge in [0.2, 0.25) is 5.91 Å². The van der Waals surface area contributed by atoms with Gasteiger partial charge in [-0.1, -0.05) is 13.3 Å². The molecule has 1 aromatic heterocycles. The van der Waals surface area contributed by atoms with E-state index in [4.69, 9.17) is 4.74 Å². The molecule has 22 heavy (non-hydrogen) atoms. The first kappa shape index (κ1) is 15.2. The fourth-order valence-electron chi connectivity index (χ4n) is 3.43. The topological polar surface area (TPSA) is 75.3 Å². The highest BCUT2D eigenvalue weighted by atomic mass is 16.5. The third-order valence-corrected chi connectivity index (χ3v) is 4.55. The zero-order valence-corrected chi connectivity index (χ0v) is 13.2. The summed E-state index contributed by atoms with van der Waals surface area (Å²) in [5, 5.41) is 0. The Kier molecular flexibility index (Phi) is 4.29. The minimum atomic E-state index is -0.117. The normalized spacial score (nSPS) is 24.4. The van der Waals surface area contributed by atoms with Crippen molar-refractivity contribution in [1.82, 2.24) is 14.9 Å². The van der Waals surface area contributed by atoms with Crippen LogP contribution in [0.2, 0.25) is 0 Å². The van der Waals surface area contributed by atoms with Crippen molar-refractivity contribution in [2.45, 2.75) is 58.7 Å². The Balaban J connectivity index is 1.70. The summed E-state index contributed by atoms with van der Waals surface area (Å²) < 4.78 is 5.72. The van der Waals surface area contributed by atoms with Crippen molar-refractivity contribution in [3.8, 4) is 0 Å². The van der Waals surface area contributed by atoms with Crippen molar-refractivity contribution in [2.24, 2.45) is 5.92 Å². The molecule has 6 heteroatoms. The second-order valence-corrected chi connectivity index (χ2v) is 6.27. The van der Waals surface area contributed by atoms with Crippen LogP contribution in [0, 0.1) is 12.8 Å². The van der Waals surface area contributed by atoms with Gasteiger partial charge in [0.1, 0.15) is 5.82 Å². The van der Waals surface area contributed by atoms with Gasteiger partial charge in [-0.3, -0.25) is 9.59 Å². The zero-order valence-electron chi connectivity index (χ0n) is 13.2. The number of aromatic amines is 1. The lowest BCUT2D eigenvalue weighted by molar-refractivity contribution is -0.141. The Morgan fingerprint density at radius 2 is 2.27 bits per heavy atom. The van der Waals surface area contributed by atoms with Gasteiger partial charge < -0.3 is 14.6 Å². The van der Waals surface area contributed by atoms with Gasteiger partial charge in [0.25, 0.3) is 5.56 Å². The monoisotopic (exact) mass is 305 g/mol. The Morgan fingerprint density at radius 1 is 1.45 bits per heavy atom. The molecule has 0 radical (unpaired) electrons. The number of carbonyl (C=O) groups is 1. The van der Waals surface area contributed by atoms with Crippen molar-refractivity contribution in [2.75, 3.05) is 6.61 Å². The molecule has 0 bridgehead atoms. The molecule has 1 N–H and O–H groups in total. The number of fused-ring (bicyclic) bond motifs is 1. The summed E-state index contributed by atoms with van der Waals surface area (Å²) in [5.41, 5.74) is 1.26. The maximum atomic E-state index is 12.7. The number of nitrogens with one attached hydrogen (secondary N) is 1. The summed E-state index contributed by atoms with van der Waals surface area (Å²) in [6.07, 6.45) is 3.84. The summed E-state index contributed by atoms with van der Waals surface area (Å²) in [5.74, 6) is 0.756. The third kappa shape index (κ3) is 2.92. The summed E-state index contributed by atoms with van der Waals surface area (Å²) in [6, 6.07) is 0. The molecule has 2 aliphatic rings. The minimum absolute atomic E-state index is 0.0137. The highest BCUT2D eigenvalue weighted by Crippen LogP contribution is 2.28. The first-order valence-corrected chi connectivity index (χ1v) is 8.07. The van der Waals surface area contributed by atoms with E-state index in [9.17, 15) is 9.59 Å². The van der Waals surface area contributed by atoms with Gasteiger partial charge in [-0.15, -0.1) is 0 Å². The molecule has 3 heterocycles. The van der Waals surface area contributed by atoms with E-state index in [1.54, 1.807) is 11.8 Å².